The molecule has 0 aliphatic carbocycles. The van der Waals surface area contributed by atoms with E-state index in [9.17, 15) is 0 Å². The van der Waals surface area contributed by atoms with Crippen LogP contribution in [0.1, 0.15) is 45.4 Å². The van der Waals surface area contributed by atoms with E-state index in [1.54, 1.807) is 13.3 Å². The molecule has 0 atom stereocenters. The summed E-state index contributed by atoms with van der Waals surface area (Å²) in [6.07, 6.45) is 9.46. The van der Waals surface area contributed by atoms with E-state index in [2.05, 4.69) is 11.9 Å². The van der Waals surface area contributed by atoms with Crippen molar-refractivity contribution >= 4 is 0 Å². The van der Waals surface area contributed by atoms with E-state index in [1.807, 2.05) is 36.4 Å². The highest BCUT2D eigenvalue weighted by Crippen LogP contribution is 2.22. The Labute approximate surface area is 139 Å². The maximum Gasteiger partial charge on any atom is 0.137 e. The van der Waals surface area contributed by atoms with Gasteiger partial charge in [0.05, 0.1) is 25.6 Å². The zero-order valence-electron chi connectivity index (χ0n) is 14.3. The van der Waals surface area contributed by atoms with Gasteiger partial charge >= 0.3 is 0 Å². The minimum absolute atomic E-state index is 0.773. The third-order valence-corrected chi connectivity index (χ3v) is 3.89. The van der Waals surface area contributed by atoms with Crippen LogP contribution in [-0.2, 0) is 0 Å². The molecule has 0 saturated heterocycles. The van der Waals surface area contributed by atoms with Crippen molar-refractivity contribution < 1.29 is 9.47 Å². The topological polar surface area (TPSA) is 31.4 Å². The van der Waals surface area contributed by atoms with Gasteiger partial charge in [-0.15, -0.1) is 0 Å². The second-order valence-electron chi connectivity index (χ2n) is 5.72. The number of hydrogen-bond acceptors (Lipinski definition) is 3. The van der Waals surface area contributed by atoms with Crippen molar-refractivity contribution in [2.45, 2.75) is 45.4 Å². The molecule has 0 radical (unpaired) electrons. The van der Waals surface area contributed by atoms with Crippen molar-refractivity contribution in [2.75, 3.05) is 13.7 Å². The van der Waals surface area contributed by atoms with Crippen LogP contribution in [0.4, 0.5) is 0 Å². The number of benzene rings is 1. The maximum atomic E-state index is 5.76. The summed E-state index contributed by atoms with van der Waals surface area (Å²) >= 11 is 0. The Kier molecular flexibility index (Phi) is 7.44. The predicted octanol–water partition coefficient (Wildman–Crippen LogP) is 5.50. The Morgan fingerprint density at radius 1 is 0.826 bits per heavy atom. The molecule has 1 aromatic heterocycles. The van der Waals surface area contributed by atoms with Crippen molar-refractivity contribution in [3.8, 4) is 22.8 Å². The minimum Gasteiger partial charge on any atom is -0.497 e. The average molecular weight is 313 g/mol. The van der Waals surface area contributed by atoms with E-state index in [1.165, 1.54) is 32.1 Å². The van der Waals surface area contributed by atoms with Crippen molar-refractivity contribution in [1.29, 1.82) is 0 Å². The van der Waals surface area contributed by atoms with Crippen LogP contribution < -0.4 is 9.47 Å². The zero-order chi connectivity index (χ0) is 16.3. The number of nitrogens with zero attached hydrogens (tertiary/aromatic N) is 1. The number of aromatic nitrogens is 1. The quantitative estimate of drug-likeness (QED) is 0.543. The average Bonchev–Trinajstić information content (AvgIpc) is 2.61. The fourth-order valence-corrected chi connectivity index (χ4v) is 2.47. The van der Waals surface area contributed by atoms with E-state index in [0.717, 1.165) is 35.8 Å². The van der Waals surface area contributed by atoms with Crippen LogP contribution >= 0.6 is 0 Å². The highest BCUT2D eigenvalue weighted by atomic mass is 16.5. The molecule has 124 valence electrons. The van der Waals surface area contributed by atoms with Crippen LogP contribution in [0.2, 0.25) is 0 Å². The highest BCUT2D eigenvalue weighted by Gasteiger charge is 2.01. The lowest BCUT2D eigenvalue weighted by molar-refractivity contribution is 0.303. The molecule has 0 aliphatic rings. The van der Waals surface area contributed by atoms with Crippen LogP contribution in [0.3, 0.4) is 0 Å². The van der Waals surface area contributed by atoms with Crippen molar-refractivity contribution in [1.82, 2.24) is 4.98 Å². The number of unbranched alkanes of at least 4 members (excludes halogenated alkanes) is 5. The van der Waals surface area contributed by atoms with Gasteiger partial charge in [-0.2, -0.15) is 0 Å². The number of rotatable bonds is 10. The third-order valence-electron chi connectivity index (χ3n) is 3.89. The molecule has 0 aliphatic heterocycles. The van der Waals surface area contributed by atoms with Crippen LogP contribution in [0.15, 0.2) is 42.6 Å². The first-order chi connectivity index (χ1) is 11.3. The molecular weight excluding hydrogens is 286 g/mol. The normalized spacial score (nSPS) is 10.5. The van der Waals surface area contributed by atoms with E-state index in [4.69, 9.17) is 9.47 Å². The summed E-state index contributed by atoms with van der Waals surface area (Å²) < 4.78 is 10.9. The second kappa shape index (κ2) is 9.88. The van der Waals surface area contributed by atoms with Gasteiger partial charge in [-0.3, -0.25) is 4.98 Å². The smallest absolute Gasteiger partial charge is 0.137 e. The Bertz CT molecular complexity index is 549. The van der Waals surface area contributed by atoms with E-state index in [-0.39, 0.29) is 0 Å². The Balaban J connectivity index is 1.75. The van der Waals surface area contributed by atoms with Crippen molar-refractivity contribution in [3.63, 3.8) is 0 Å². The lowest BCUT2D eigenvalue weighted by Crippen LogP contribution is -1.98. The number of methoxy groups -OCH3 is 1. The molecule has 0 unspecified atom stereocenters. The molecule has 23 heavy (non-hydrogen) atoms. The van der Waals surface area contributed by atoms with Gasteiger partial charge in [0.25, 0.3) is 0 Å². The highest BCUT2D eigenvalue weighted by molar-refractivity contribution is 5.60. The van der Waals surface area contributed by atoms with E-state index < -0.39 is 0 Å². The van der Waals surface area contributed by atoms with E-state index in [0.29, 0.717) is 0 Å². The first-order valence-electron chi connectivity index (χ1n) is 8.56. The van der Waals surface area contributed by atoms with Crippen LogP contribution in [-0.4, -0.2) is 18.7 Å². The number of pyridine rings is 1. The predicted molar refractivity (Wildman–Crippen MR) is 95.1 cm³/mol. The molecule has 3 nitrogen and oxygen atoms in total. The lowest BCUT2D eigenvalue weighted by atomic mass is 10.1. The molecular formula is C20H27NO2. The van der Waals surface area contributed by atoms with E-state index >= 15 is 0 Å². The van der Waals surface area contributed by atoms with Gasteiger partial charge < -0.3 is 9.47 Å². The van der Waals surface area contributed by atoms with Crippen molar-refractivity contribution in [3.05, 3.63) is 42.6 Å². The summed E-state index contributed by atoms with van der Waals surface area (Å²) in [5.41, 5.74) is 2.02. The summed E-state index contributed by atoms with van der Waals surface area (Å²) in [4.78, 5) is 4.48. The fraction of sp³-hybridized carbons (Fsp3) is 0.450. The summed E-state index contributed by atoms with van der Waals surface area (Å²) in [6, 6.07) is 11.9. The maximum absolute atomic E-state index is 5.76. The summed E-state index contributed by atoms with van der Waals surface area (Å²) in [7, 11) is 1.67. The van der Waals surface area contributed by atoms with Gasteiger partial charge in [0, 0.05) is 5.56 Å². The summed E-state index contributed by atoms with van der Waals surface area (Å²) in [5, 5.41) is 0. The molecule has 3 heteroatoms. The van der Waals surface area contributed by atoms with Gasteiger partial charge in [-0.05, 0) is 42.8 Å². The SMILES string of the molecule is CCCCCCCCOc1ccc(-c2ccc(OC)cc2)nc1. The lowest BCUT2D eigenvalue weighted by Gasteiger charge is -2.07. The molecule has 1 heterocycles. The number of ether oxygens (including phenoxy) is 2. The monoisotopic (exact) mass is 313 g/mol. The third kappa shape index (κ3) is 5.93. The first kappa shape index (κ1) is 17.3. The molecule has 2 aromatic rings. The molecule has 0 spiro atoms. The Hall–Kier alpha value is -2.03. The Morgan fingerprint density at radius 2 is 1.52 bits per heavy atom. The van der Waals surface area contributed by atoms with Gasteiger partial charge in [0.15, 0.2) is 0 Å². The molecule has 0 bridgehead atoms. The van der Waals surface area contributed by atoms with Gasteiger partial charge in [0.2, 0.25) is 0 Å². The first-order valence-corrected chi connectivity index (χ1v) is 8.56. The zero-order valence-corrected chi connectivity index (χ0v) is 14.3. The Morgan fingerprint density at radius 3 is 2.17 bits per heavy atom. The molecule has 0 N–H and O–H groups in total. The van der Waals surface area contributed by atoms with Gasteiger partial charge in [0.1, 0.15) is 11.5 Å². The standard InChI is InChI=1S/C20H27NO2/c1-3-4-5-6-7-8-15-23-19-13-14-20(21-16-19)17-9-11-18(22-2)12-10-17/h9-14,16H,3-8,15H2,1-2H3. The van der Waals surface area contributed by atoms with Crippen LogP contribution in [0.5, 0.6) is 11.5 Å². The van der Waals surface area contributed by atoms with Gasteiger partial charge in [-0.25, -0.2) is 0 Å². The summed E-state index contributed by atoms with van der Waals surface area (Å²) in [5.74, 6) is 1.70. The number of hydrogen-bond donors (Lipinski definition) is 0. The largest absolute Gasteiger partial charge is 0.497 e. The molecule has 1 aromatic carbocycles. The molecule has 0 amide bonds. The van der Waals surface area contributed by atoms with Crippen LogP contribution in [0.25, 0.3) is 11.3 Å². The van der Waals surface area contributed by atoms with Crippen LogP contribution in [0, 0.1) is 0 Å². The minimum atomic E-state index is 0.773. The molecule has 2 rings (SSSR count). The van der Waals surface area contributed by atoms with Gasteiger partial charge in [-0.1, -0.05) is 39.0 Å². The molecule has 0 fully saturated rings. The fourth-order valence-electron chi connectivity index (χ4n) is 2.47. The molecule has 0 saturated carbocycles. The summed E-state index contributed by atoms with van der Waals surface area (Å²) in [6.45, 7) is 3.02. The van der Waals surface area contributed by atoms with Crippen molar-refractivity contribution in [2.24, 2.45) is 0 Å². The second-order valence-corrected chi connectivity index (χ2v) is 5.72.